The Balaban J connectivity index is 1.97. The van der Waals surface area contributed by atoms with Gasteiger partial charge in [0.15, 0.2) is 5.13 Å². The van der Waals surface area contributed by atoms with Crippen LogP contribution in [0.15, 0.2) is 36.4 Å². The fourth-order valence-corrected chi connectivity index (χ4v) is 4.44. The molecule has 3 rings (SSSR count). The van der Waals surface area contributed by atoms with Crippen LogP contribution < -0.4 is 4.90 Å². The van der Waals surface area contributed by atoms with Gasteiger partial charge >= 0.3 is 0 Å². The molecule has 0 N–H and O–H groups in total. The van der Waals surface area contributed by atoms with Gasteiger partial charge in [0.25, 0.3) is 5.91 Å². The molecule has 0 spiro atoms. The minimum Gasteiger partial charge on any atom is -0.302 e. The molecule has 0 radical (unpaired) electrons. The molecule has 3 aromatic rings. The Kier molecular flexibility index (Phi) is 7.04. The molecule has 1 aromatic heterocycles. The van der Waals surface area contributed by atoms with E-state index in [-0.39, 0.29) is 5.91 Å². The number of anilines is 1. The SMILES string of the molecule is CCc1ccc2nc(N(CCN(CC)CC)C(=O)c3ccc(C)c(C)c3)sc2c1. The lowest BCUT2D eigenvalue weighted by atomic mass is 10.1. The first-order chi connectivity index (χ1) is 14.0. The summed E-state index contributed by atoms with van der Waals surface area (Å²) in [7, 11) is 0. The highest BCUT2D eigenvalue weighted by Gasteiger charge is 2.22. The summed E-state index contributed by atoms with van der Waals surface area (Å²) in [6.07, 6.45) is 0.996. The molecular weight excluding hydrogens is 378 g/mol. The quantitative estimate of drug-likeness (QED) is 0.495. The molecule has 1 amide bonds. The van der Waals surface area contributed by atoms with Crippen molar-refractivity contribution in [2.45, 2.75) is 41.0 Å². The molecule has 4 nitrogen and oxygen atoms in total. The van der Waals surface area contributed by atoms with Crippen molar-refractivity contribution in [1.82, 2.24) is 9.88 Å². The van der Waals surface area contributed by atoms with Crippen molar-refractivity contribution in [3.8, 4) is 0 Å². The highest BCUT2D eigenvalue weighted by atomic mass is 32.1. The van der Waals surface area contributed by atoms with Crippen LogP contribution in [0.5, 0.6) is 0 Å². The predicted octanol–water partition coefficient (Wildman–Crippen LogP) is 5.46. The molecule has 0 fully saturated rings. The molecule has 0 aliphatic rings. The third-order valence-corrected chi connectivity index (χ3v) is 6.66. The molecule has 0 saturated heterocycles. The second-order valence-electron chi connectivity index (χ2n) is 7.43. The number of carbonyl (C=O) groups excluding carboxylic acids is 1. The lowest BCUT2D eigenvalue weighted by molar-refractivity contribution is 0.0983. The molecule has 0 aliphatic carbocycles. The summed E-state index contributed by atoms with van der Waals surface area (Å²) in [6.45, 7) is 14.0. The molecule has 0 saturated carbocycles. The van der Waals surface area contributed by atoms with E-state index in [1.807, 2.05) is 23.1 Å². The van der Waals surface area contributed by atoms with Crippen LogP contribution in [0, 0.1) is 13.8 Å². The van der Waals surface area contributed by atoms with E-state index in [4.69, 9.17) is 4.98 Å². The first-order valence-corrected chi connectivity index (χ1v) is 11.3. The molecule has 29 heavy (non-hydrogen) atoms. The number of hydrogen-bond donors (Lipinski definition) is 0. The standard InChI is InChI=1S/C24H31N3OS/c1-6-19-10-12-21-22(16-19)29-24(25-21)27(14-13-26(7-2)8-3)23(28)20-11-9-17(4)18(5)15-20/h9-12,15-16H,6-8,13-14H2,1-5H3. The van der Waals surface area contributed by atoms with Crippen LogP contribution >= 0.6 is 11.3 Å². The van der Waals surface area contributed by atoms with Crippen LogP contribution in [-0.4, -0.2) is 42.0 Å². The Morgan fingerprint density at radius 3 is 2.38 bits per heavy atom. The first kappa shape index (κ1) is 21.5. The summed E-state index contributed by atoms with van der Waals surface area (Å²) < 4.78 is 1.14. The summed E-state index contributed by atoms with van der Waals surface area (Å²) in [5, 5.41) is 0.781. The smallest absolute Gasteiger partial charge is 0.260 e. The molecule has 0 aliphatic heterocycles. The van der Waals surface area contributed by atoms with Gasteiger partial charge in [0.05, 0.1) is 10.2 Å². The van der Waals surface area contributed by atoms with Crippen molar-refractivity contribution >= 4 is 32.6 Å². The number of aromatic nitrogens is 1. The molecule has 1 heterocycles. The molecule has 5 heteroatoms. The van der Waals surface area contributed by atoms with E-state index in [2.05, 4.69) is 57.7 Å². The van der Waals surface area contributed by atoms with Crippen molar-refractivity contribution < 1.29 is 4.79 Å². The van der Waals surface area contributed by atoms with Crippen LogP contribution in [0.3, 0.4) is 0 Å². The number of likely N-dealkylation sites (N-methyl/N-ethyl adjacent to an activating group) is 1. The Morgan fingerprint density at radius 2 is 1.72 bits per heavy atom. The fourth-order valence-electron chi connectivity index (χ4n) is 3.39. The zero-order valence-electron chi connectivity index (χ0n) is 18.2. The van der Waals surface area contributed by atoms with Gasteiger partial charge in [-0.2, -0.15) is 0 Å². The Morgan fingerprint density at radius 1 is 0.966 bits per heavy atom. The Labute approximate surface area is 178 Å². The highest BCUT2D eigenvalue weighted by Crippen LogP contribution is 2.31. The maximum atomic E-state index is 13.5. The number of hydrogen-bond acceptors (Lipinski definition) is 4. The lowest BCUT2D eigenvalue weighted by Gasteiger charge is -2.25. The molecule has 154 valence electrons. The summed E-state index contributed by atoms with van der Waals surface area (Å²) in [5.41, 5.74) is 5.31. The number of nitrogens with zero attached hydrogens (tertiary/aromatic N) is 3. The van der Waals surface area contributed by atoms with E-state index < -0.39 is 0 Å². The minimum atomic E-state index is 0.0232. The Hall–Kier alpha value is -2.24. The molecule has 0 unspecified atom stereocenters. The summed E-state index contributed by atoms with van der Waals surface area (Å²) >= 11 is 1.61. The van der Waals surface area contributed by atoms with Crippen LogP contribution in [0.25, 0.3) is 10.2 Å². The van der Waals surface area contributed by atoms with E-state index in [0.717, 1.165) is 52.5 Å². The van der Waals surface area contributed by atoms with Gasteiger partial charge in [0.1, 0.15) is 0 Å². The molecule has 0 bridgehead atoms. The van der Waals surface area contributed by atoms with Crippen molar-refractivity contribution in [3.05, 3.63) is 58.7 Å². The van der Waals surface area contributed by atoms with Crippen molar-refractivity contribution in [3.63, 3.8) is 0 Å². The van der Waals surface area contributed by atoms with Crippen molar-refractivity contribution in [1.29, 1.82) is 0 Å². The second kappa shape index (κ2) is 9.51. The van der Waals surface area contributed by atoms with Gasteiger partial charge in [-0.05, 0) is 74.3 Å². The fraction of sp³-hybridized carbons (Fsp3) is 0.417. The summed E-state index contributed by atoms with van der Waals surface area (Å²) in [4.78, 5) is 22.5. The van der Waals surface area contributed by atoms with Crippen LogP contribution in [0.4, 0.5) is 5.13 Å². The lowest BCUT2D eigenvalue weighted by Crippen LogP contribution is -2.38. The summed E-state index contributed by atoms with van der Waals surface area (Å²) in [5.74, 6) is 0.0232. The third kappa shape index (κ3) is 4.85. The number of carbonyl (C=O) groups is 1. The van der Waals surface area contributed by atoms with Gasteiger partial charge in [-0.3, -0.25) is 9.69 Å². The van der Waals surface area contributed by atoms with E-state index >= 15 is 0 Å². The number of amides is 1. The normalized spacial score (nSPS) is 11.4. The zero-order valence-corrected chi connectivity index (χ0v) is 19.0. The number of thiazole rings is 1. The monoisotopic (exact) mass is 409 g/mol. The van der Waals surface area contributed by atoms with Gasteiger partial charge in [-0.25, -0.2) is 4.98 Å². The molecule has 0 atom stereocenters. The van der Waals surface area contributed by atoms with Gasteiger partial charge in [0, 0.05) is 18.7 Å². The minimum absolute atomic E-state index is 0.0232. The van der Waals surface area contributed by atoms with Crippen molar-refractivity contribution in [2.24, 2.45) is 0 Å². The predicted molar refractivity (Wildman–Crippen MR) is 124 cm³/mol. The van der Waals surface area contributed by atoms with Crippen LogP contribution in [-0.2, 0) is 6.42 Å². The second-order valence-corrected chi connectivity index (χ2v) is 8.44. The average Bonchev–Trinajstić information content (AvgIpc) is 3.15. The van der Waals surface area contributed by atoms with Gasteiger partial charge in [-0.1, -0.05) is 44.2 Å². The largest absolute Gasteiger partial charge is 0.302 e. The topological polar surface area (TPSA) is 36.4 Å². The molecular formula is C24H31N3OS. The van der Waals surface area contributed by atoms with Crippen molar-refractivity contribution in [2.75, 3.05) is 31.1 Å². The number of rotatable bonds is 8. The van der Waals surface area contributed by atoms with E-state index in [1.54, 1.807) is 11.3 Å². The van der Waals surface area contributed by atoms with Crippen LogP contribution in [0.1, 0.15) is 47.8 Å². The Bertz CT molecular complexity index is 991. The maximum absolute atomic E-state index is 13.5. The van der Waals surface area contributed by atoms with E-state index in [0.29, 0.717) is 6.54 Å². The number of benzene rings is 2. The van der Waals surface area contributed by atoms with Crippen LogP contribution in [0.2, 0.25) is 0 Å². The molecule has 2 aromatic carbocycles. The van der Waals surface area contributed by atoms with Gasteiger partial charge < -0.3 is 4.90 Å². The number of fused-ring (bicyclic) bond motifs is 1. The highest BCUT2D eigenvalue weighted by molar-refractivity contribution is 7.22. The number of aryl methyl sites for hydroxylation is 3. The maximum Gasteiger partial charge on any atom is 0.260 e. The first-order valence-electron chi connectivity index (χ1n) is 10.5. The third-order valence-electron chi connectivity index (χ3n) is 5.61. The van der Waals surface area contributed by atoms with E-state index in [9.17, 15) is 4.79 Å². The summed E-state index contributed by atoms with van der Waals surface area (Å²) in [6, 6.07) is 12.3. The van der Waals surface area contributed by atoms with Gasteiger partial charge in [-0.15, -0.1) is 0 Å². The van der Waals surface area contributed by atoms with Gasteiger partial charge in [0.2, 0.25) is 0 Å². The van der Waals surface area contributed by atoms with E-state index in [1.165, 1.54) is 11.1 Å². The zero-order chi connectivity index (χ0) is 21.0. The average molecular weight is 410 g/mol.